The van der Waals surface area contributed by atoms with E-state index in [1.807, 2.05) is 31.2 Å². The van der Waals surface area contributed by atoms with Gasteiger partial charge in [0.15, 0.2) is 0 Å². The summed E-state index contributed by atoms with van der Waals surface area (Å²) in [4.78, 5) is 29.9. The van der Waals surface area contributed by atoms with E-state index < -0.39 is 11.4 Å². The van der Waals surface area contributed by atoms with Crippen molar-refractivity contribution in [3.05, 3.63) is 35.5 Å². The molecule has 2 atom stereocenters. The van der Waals surface area contributed by atoms with E-state index in [9.17, 15) is 14.7 Å². The number of rotatable bonds is 2. The number of aromatic nitrogens is 1. The standard InChI is InChI=1S/C18H20N2O4/c1-11-15(13-4-2-3-5-14(13)19-11)16(21)20-8-12-9-24-7-6-18(12,10-20)17(22)23/h2-5,12,19H,6-10H2,1H3,(H,22,23)/t12-,18+/m0/s1. The zero-order chi connectivity index (χ0) is 16.9. The summed E-state index contributed by atoms with van der Waals surface area (Å²) in [5, 5.41) is 10.6. The van der Waals surface area contributed by atoms with E-state index in [1.54, 1.807) is 4.90 Å². The largest absolute Gasteiger partial charge is 0.481 e. The van der Waals surface area contributed by atoms with Crippen LogP contribution in [0, 0.1) is 18.3 Å². The number of hydrogen-bond acceptors (Lipinski definition) is 3. The van der Waals surface area contributed by atoms with Crippen molar-refractivity contribution in [1.82, 2.24) is 9.88 Å². The van der Waals surface area contributed by atoms with E-state index in [0.717, 1.165) is 16.6 Å². The maximum Gasteiger partial charge on any atom is 0.311 e. The molecule has 2 N–H and O–H groups in total. The molecule has 2 aliphatic rings. The first-order chi connectivity index (χ1) is 11.5. The van der Waals surface area contributed by atoms with Crippen LogP contribution >= 0.6 is 0 Å². The van der Waals surface area contributed by atoms with Crippen LogP contribution in [-0.4, -0.2) is 53.2 Å². The van der Waals surface area contributed by atoms with E-state index in [-0.39, 0.29) is 18.4 Å². The molecule has 0 bridgehead atoms. The van der Waals surface area contributed by atoms with Gasteiger partial charge in [-0.05, 0) is 19.4 Å². The van der Waals surface area contributed by atoms with Crippen LogP contribution in [0.4, 0.5) is 0 Å². The molecule has 0 saturated carbocycles. The number of nitrogens with one attached hydrogen (secondary N) is 1. The Morgan fingerprint density at radius 3 is 2.92 bits per heavy atom. The zero-order valence-electron chi connectivity index (χ0n) is 13.5. The molecule has 3 heterocycles. The first kappa shape index (κ1) is 15.2. The minimum atomic E-state index is -0.867. The fraction of sp³-hybridized carbons (Fsp3) is 0.444. The van der Waals surface area contributed by atoms with Crippen LogP contribution in [0.1, 0.15) is 22.5 Å². The molecule has 2 fully saturated rings. The summed E-state index contributed by atoms with van der Waals surface area (Å²) in [6.07, 6.45) is 0.462. The Hall–Kier alpha value is -2.34. The number of aliphatic carboxylic acids is 1. The molecule has 2 aromatic rings. The number of aryl methyl sites for hydroxylation is 1. The molecular formula is C18H20N2O4. The number of carbonyl (C=O) groups is 2. The second kappa shape index (κ2) is 5.34. The average Bonchev–Trinajstić information content (AvgIpc) is 3.12. The van der Waals surface area contributed by atoms with Gasteiger partial charge in [-0.15, -0.1) is 0 Å². The molecule has 0 unspecified atom stereocenters. The van der Waals surface area contributed by atoms with E-state index in [2.05, 4.69) is 4.98 Å². The Labute approximate surface area is 139 Å². The Bertz CT molecular complexity index is 828. The van der Waals surface area contributed by atoms with E-state index >= 15 is 0 Å². The highest BCUT2D eigenvalue weighted by atomic mass is 16.5. The molecule has 1 aromatic carbocycles. The highest BCUT2D eigenvalue weighted by molar-refractivity contribution is 6.08. The maximum atomic E-state index is 13.1. The number of nitrogens with zero attached hydrogens (tertiary/aromatic N) is 1. The number of likely N-dealkylation sites (tertiary alicyclic amines) is 1. The second-order valence-corrected chi connectivity index (χ2v) is 6.84. The Morgan fingerprint density at radius 2 is 2.17 bits per heavy atom. The van der Waals surface area contributed by atoms with Crippen molar-refractivity contribution in [2.45, 2.75) is 13.3 Å². The van der Waals surface area contributed by atoms with Crippen LogP contribution in [0.25, 0.3) is 10.9 Å². The summed E-state index contributed by atoms with van der Waals surface area (Å²) in [7, 11) is 0. The minimum Gasteiger partial charge on any atom is -0.481 e. The van der Waals surface area contributed by atoms with Gasteiger partial charge in [0.2, 0.25) is 0 Å². The number of carboxylic acid groups (broad SMARTS) is 1. The van der Waals surface area contributed by atoms with E-state index in [1.165, 1.54) is 0 Å². The molecule has 1 aromatic heterocycles. The average molecular weight is 328 g/mol. The number of amides is 1. The molecule has 4 rings (SSSR count). The van der Waals surface area contributed by atoms with Crippen molar-refractivity contribution < 1.29 is 19.4 Å². The van der Waals surface area contributed by atoms with Gasteiger partial charge in [0, 0.05) is 42.2 Å². The third kappa shape index (κ3) is 2.06. The predicted octanol–water partition coefficient (Wildman–Crippen LogP) is 2.04. The molecule has 126 valence electrons. The molecule has 6 heteroatoms. The summed E-state index contributed by atoms with van der Waals surface area (Å²) in [6.45, 7) is 3.42. The molecular weight excluding hydrogens is 308 g/mol. The zero-order valence-corrected chi connectivity index (χ0v) is 13.5. The number of ether oxygens (including phenoxy) is 1. The van der Waals surface area contributed by atoms with Gasteiger partial charge in [0.1, 0.15) is 0 Å². The Kier molecular flexibility index (Phi) is 3.38. The van der Waals surface area contributed by atoms with Crippen molar-refractivity contribution in [1.29, 1.82) is 0 Å². The summed E-state index contributed by atoms with van der Waals surface area (Å²) in [5.74, 6) is -1.06. The topological polar surface area (TPSA) is 82.6 Å². The quantitative estimate of drug-likeness (QED) is 0.884. The first-order valence-electron chi connectivity index (χ1n) is 8.20. The second-order valence-electron chi connectivity index (χ2n) is 6.84. The number of benzene rings is 1. The highest BCUT2D eigenvalue weighted by Gasteiger charge is 2.55. The predicted molar refractivity (Wildman–Crippen MR) is 87.9 cm³/mol. The van der Waals surface area contributed by atoms with Crippen LogP contribution < -0.4 is 0 Å². The molecule has 24 heavy (non-hydrogen) atoms. The number of para-hydroxylation sites is 1. The van der Waals surface area contributed by atoms with E-state index in [0.29, 0.717) is 31.7 Å². The highest BCUT2D eigenvalue weighted by Crippen LogP contribution is 2.43. The molecule has 2 saturated heterocycles. The number of carboxylic acids is 1. The molecule has 6 nitrogen and oxygen atoms in total. The van der Waals surface area contributed by atoms with Crippen molar-refractivity contribution in [3.63, 3.8) is 0 Å². The summed E-state index contributed by atoms with van der Waals surface area (Å²) < 4.78 is 5.46. The van der Waals surface area contributed by atoms with Crippen LogP contribution in [0.2, 0.25) is 0 Å². The maximum absolute atomic E-state index is 13.1. The third-order valence-corrected chi connectivity index (χ3v) is 5.53. The van der Waals surface area contributed by atoms with Gasteiger partial charge >= 0.3 is 5.97 Å². The van der Waals surface area contributed by atoms with Gasteiger partial charge in [-0.2, -0.15) is 0 Å². The van der Waals surface area contributed by atoms with Crippen LogP contribution in [0.3, 0.4) is 0 Å². The van der Waals surface area contributed by atoms with Gasteiger partial charge < -0.3 is 19.7 Å². The van der Waals surface area contributed by atoms with Crippen molar-refractivity contribution in [3.8, 4) is 0 Å². The number of carbonyl (C=O) groups excluding carboxylic acids is 1. The van der Waals surface area contributed by atoms with Crippen molar-refractivity contribution >= 4 is 22.8 Å². The molecule has 0 aliphatic carbocycles. The fourth-order valence-corrected chi connectivity index (χ4v) is 4.16. The van der Waals surface area contributed by atoms with Crippen LogP contribution in [0.15, 0.2) is 24.3 Å². The number of fused-ring (bicyclic) bond motifs is 2. The van der Waals surface area contributed by atoms with Crippen molar-refractivity contribution in [2.24, 2.45) is 11.3 Å². The van der Waals surface area contributed by atoms with Gasteiger partial charge in [-0.25, -0.2) is 0 Å². The lowest BCUT2D eigenvalue weighted by Gasteiger charge is -2.33. The fourth-order valence-electron chi connectivity index (χ4n) is 4.16. The minimum absolute atomic E-state index is 0.0972. The molecule has 1 amide bonds. The first-order valence-corrected chi connectivity index (χ1v) is 8.20. The van der Waals surface area contributed by atoms with Crippen LogP contribution in [0.5, 0.6) is 0 Å². The molecule has 2 aliphatic heterocycles. The lowest BCUT2D eigenvalue weighted by atomic mass is 9.74. The number of hydrogen-bond donors (Lipinski definition) is 2. The number of aromatic amines is 1. The Balaban J connectivity index is 1.70. The monoisotopic (exact) mass is 328 g/mol. The lowest BCUT2D eigenvalue weighted by molar-refractivity contribution is -0.157. The van der Waals surface area contributed by atoms with Gasteiger partial charge in [0.25, 0.3) is 5.91 Å². The van der Waals surface area contributed by atoms with Gasteiger partial charge in [-0.1, -0.05) is 18.2 Å². The molecule has 0 spiro atoms. The summed E-state index contributed by atoms with van der Waals surface area (Å²) in [6, 6.07) is 7.69. The van der Waals surface area contributed by atoms with Gasteiger partial charge in [-0.3, -0.25) is 9.59 Å². The lowest BCUT2D eigenvalue weighted by Crippen LogP contribution is -2.45. The summed E-state index contributed by atoms with van der Waals surface area (Å²) >= 11 is 0. The smallest absolute Gasteiger partial charge is 0.311 e. The SMILES string of the molecule is Cc1[nH]c2ccccc2c1C(=O)N1C[C@H]2COCC[C@@]2(C(=O)O)C1. The van der Waals surface area contributed by atoms with E-state index in [4.69, 9.17) is 4.74 Å². The number of H-pyrrole nitrogens is 1. The van der Waals surface area contributed by atoms with Crippen molar-refractivity contribution in [2.75, 3.05) is 26.3 Å². The van der Waals surface area contributed by atoms with Gasteiger partial charge in [0.05, 0.1) is 17.6 Å². The summed E-state index contributed by atoms with van der Waals surface area (Å²) in [5.41, 5.74) is 1.52. The van der Waals surface area contributed by atoms with Crippen LogP contribution in [-0.2, 0) is 9.53 Å². The Morgan fingerprint density at radius 1 is 1.38 bits per heavy atom. The third-order valence-electron chi connectivity index (χ3n) is 5.53. The normalized spacial score (nSPS) is 26.5. The molecule has 0 radical (unpaired) electrons.